The van der Waals surface area contributed by atoms with E-state index in [9.17, 15) is 0 Å². The largest absolute Gasteiger partial charge is 0.310 e. The molecule has 0 spiro atoms. The first kappa shape index (κ1) is 38.0. The van der Waals surface area contributed by atoms with Crippen molar-refractivity contribution in [3.05, 3.63) is 198 Å². The minimum Gasteiger partial charge on any atom is -0.310 e. The van der Waals surface area contributed by atoms with Crippen molar-refractivity contribution >= 4 is 27.8 Å². The van der Waals surface area contributed by atoms with Gasteiger partial charge >= 0.3 is 0 Å². The third-order valence-electron chi connectivity index (χ3n) is 13.6. The van der Waals surface area contributed by atoms with Crippen molar-refractivity contribution in [2.75, 3.05) is 4.90 Å². The zero-order chi connectivity index (χ0) is 41.0. The maximum Gasteiger partial charge on any atom is 0.0546 e. The SMILES string of the molecule is CC(C)(C)c1ccccc1-c1cc2ccccc2cc1N(c1ccc(-c2ccc(C3CCCCC3)cc2)cc1)c1ccc2c(c1)C(C)(C)c1cccc(-c3ccccc3)c1-2. The van der Waals surface area contributed by atoms with Crippen molar-refractivity contribution in [1.29, 1.82) is 0 Å². The molecule has 10 rings (SSSR count). The summed E-state index contributed by atoms with van der Waals surface area (Å²) in [5.74, 6) is 0.707. The highest BCUT2D eigenvalue weighted by atomic mass is 15.1. The van der Waals surface area contributed by atoms with Crippen LogP contribution in [0.4, 0.5) is 17.1 Å². The van der Waals surface area contributed by atoms with Crippen molar-refractivity contribution in [3.8, 4) is 44.5 Å². The number of fused-ring (bicyclic) bond motifs is 4. The highest BCUT2D eigenvalue weighted by Gasteiger charge is 2.38. The third-order valence-corrected chi connectivity index (χ3v) is 13.6. The van der Waals surface area contributed by atoms with Crippen LogP contribution < -0.4 is 4.90 Å². The fraction of sp³-hybridized carbons (Fsp3) is 0.220. The van der Waals surface area contributed by atoms with Gasteiger partial charge in [-0.05, 0) is 133 Å². The lowest BCUT2D eigenvalue weighted by Crippen LogP contribution is -2.17. The summed E-state index contributed by atoms with van der Waals surface area (Å²) in [5, 5.41) is 2.47. The zero-order valence-electron chi connectivity index (χ0n) is 35.8. The van der Waals surface area contributed by atoms with E-state index in [1.165, 1.54) is 115 Å². The molecule has 0 heterocycles. The molecule has 0 saturated heterocycles. The first-order valence-electron chi connectivity index (χ1n) is 22.1. The summed E-state index contributed by atoms with van der Waals surface area (Å²) < 4.78 is 0. The Morgan fingerprint density at radius 1 is 0.467 bits per heavy atom. The Morgan fingerprint density at radius 3 is 1.80 bits per heavy atom. The standard InChI is InChI=1S/C59H55N/c1-58(2,3)53-25-15-14-23-50(53)52-37-45-21-12-13-22-46(45)38-56(52)60(47-33-31-43(32-34-47)42-29-27-41(28-30-42)40-17-8-6-9-18-40)48-35-36-51-55(39-48)59(4,5)54-26-16-24-49(57(51)54)44-19-10-7-11-20-44/h7,10-16,19-40H,6,8-9,17-18H2,1-5H3. The van der Waals surface area contributed by atoms with Gasteiger partial charge in [-0.1, -0.05) is 193 Å². The van der Waals surface area contributed by atoms with Crippen LogP contribution in [0.25, 0.3) is 55.3 Å². The van der Waals surface area contributed by atoms with Crippen LogP contribution in [0.1, 0.15) is 94.9 Å². The van der Waals surface area contributed by atoms with Crippen molar-refractivity contribution in [1.82, 2.24) is 0 Å². The molecule has 1 heteroatoms. The summed E-state index contributed by atoms with van der Waals surface area (Å²) in [5.41, 5.74) is 19.1. The van der Waals surface area contributed by atoms with Gasteiger partial charge in [0.05, 0.1) is 5.69 Å². The molecule has 8 aromatic carbocycles. The molecule has 0 N–H and O–H groups in total. The molecule has 0 bridgehead atoms. The molecule has 2 aliphatic rings. The van der Waals surface area contributed by atoms with E-state index in [-0.39, 0.29) is 10.8 Å². The van der Waals surface area contributed by atoms with Crippen LogP contribution >= 0.6 is 0 Å². The van der Waals surface area contributed by atoms with E-state index in [2.05, 4.69) is 215 Å². The second-order valence-electron chi connectivity index (χ2n) is 18.8. The van der Waals surface area contributed by atoms with E-state index in [1.54, 1.807) is 0 Å². The van der Waals surface area contributed by atoms with Gasteiger partial charge in [-0.3, -0.25) is 0 Å². The number of hydrogen-bond donors (Lipinski definition) is 0. The van der Waals surface area contributed by atoms with E-state index in [0.717, 1.165) is 11.4 Å². The van der Waals surface area contributed by atoms with Crippen LogP contribution in [0.5, 0.6) is 0 Å². The molecular formula is C59H55N. The molecule has 8 aromatic rings. The summed E-state index contributed by atoms with van der Waals surface area (Å²) in [7, 11) is 0. The van der Waals surface area contributed by atoms with E-state index < -0.39 is 0 Å². The van der Waals surface area contributed by atoms with Crippen molar-refractivity contribution < 1.29 is 0 Å². The molecule has 0 unspecified atom stereocenters. The molecule has 1 fully saturated rings. The number of anilines is 3. The second kappa shape index (κ2) is 15.1. The monoisotopic (exact) mass is 777 g/mol. The predicted octanol–water partition coefficient (Wildman–Crippen LogP) is 17.0. The summed E-state index contributed by atoms with van der Waals surface area (Å²) >= 11 is 0. The topological polar surface area (TPSA) is 3.24 Å². The Morgan fingerprint density at radius 2 is 1.08 bits per heavy atom. The van der Waals surface area contributed by atoms with Crippen molar-refractivity contribution in [2.45, 2.75) is 83.5 Å². The summed E-state index contributed by atoms with van der Waals surface area (Å²) in [6, 6.07) is 66.4. The molecule has 1 saturated carbocycles. The molecule has 60 heavy (non-hydrogen) atoms. The second-order valence-corrected chi connectivity index (χ2v) is 18.8. The predicted molar refractivity (Wildman–Crippen MR) is 257 cm³/mol. The number of hydrogen-bond acceptors (Lipinski definition) is 1. The van der Waals surface area contributed by atoms with Crippen LogP contribution in [0.2, 0.25) is 0 Å². The van der Waals surface area contributed by atoms with Crippen LogP contribution in [-0.2, 0) is 10.8 Å². The lowest BCUT2D eigenvalue weighted by molar-refractivity contribution is 0.443. The van der Waals surface area contributed by atoms with E-state index in [0.29, 0.717) is 5.92 Å². The van der Waals surface area contributed by atoms with Gasteiger partial charge in [0.25, 0.3) is 0 Å². The minimum absolute atomic E-state index is 0.0433. The number of nitrogens with zero attached hydrogens (tertiary/aromatic N) is 1. The van der Waals surface area contributed by atoms with Gasteiger partial charge in [0.15, 0.2) is 0 Å². The number of benzene rings is 8. The van der Waals surface area contributed by atoms with Gasteiger partial charge in [0.2, 0.25) is 0 Å². The molecule has 0 aromatic heterocycles. The maximum atomic E-state index is 2.52. The highest BCUT2D eigenvalue weighted by molar-refractivity contribution is 6.00. The van der Waals surface area contributed by atoms with Gasteiger partial charge in [-0.25, -0.2) is 0 Å². The molecule has 2 aliphatic carbocycles. The fourth-order valence-electron chi connectivity index (χ4n) is 10.4. The van der Waals surface area contributed by atoms with Gasteiger partial charge in [0.1, 0.15) is 0 Å². The van der Waals surface area contributed by atoms with Crippen LogP contribution in [0.3, 0.4) is 0 Å². The Bertz CT molecular complexity index is 2830. The van der Waals surface area contributed by atoms with E-state index in [1.807, 2.05) is 0 Å². The lowest BCUT2D eigenvalue weighted by Gasteiger charge is -2.31. The molecule has 0 atom stereocenters. The van der Waals surface area contributed by atoms with Gasteiger partial charge < -0.3 is 4.90 Å². The van der Waals surface area contributed by atoms with Gasteiger partial charge in [0, 0.05) is 22.4 Å². The average molecular weight is 778 g/mol. The quantitative estimate of drug-likeness (QED) is 0.156. The molecule has 1 nitrogen and oxygen atoms in total. The van der Waals surface area contributed by atoms with Crippen LogP contribution in [-0.4, -0.2) is 0 Å². The highest BCUT2D eigenvalue weighted by Crippen LogP contribution is 2.54. The van der Waals surface area contributed by atoms with E-state index >= 15 is 0 Å². The Kier molecular flexibility index (Phi) is 9.60. The molecule has 0 aliphatic heterocycles. The Hall–Kier alpha value is -6.18. The first-order valence-corrected chi connectivity index (χ1v) is 22.1. The van der Waals surface area contributed by atoms with Crippen molar-refractivity contribution in [2.24, 2.45) is 0 Å². The van der Waals surface area contributed by atoms with E-state index in [4.69, 9.17) is 0 Å². The normalized spacial score (nSPS) is 14.8. The zero-order valence-corrected chi connectivity index (χ0v) is 35.8. The van der Waals surface area contributed by atoms with Crippen LogP contribution in [0, 0.1) is 0 Å². The smallest absolute Gasteiger partial charge is 0.0546 e. The third kappa shape index (κ3) is 6.75. The number of rotatable bonds is 7. The molecule has 296 valence electrons. The van der Waals surface area contributed by atoms with Crippen LogP contribution in [0.15, 0.2) is 176 Å². The van der Waals surface area contributed by atoms with Gasteiger partial charge in [-0.15, -0.1) is 0 Å². The average Bonchev–Trinajstić information content (AvgIpc) is 3.52. The molecule has 0 radical (unpaired) electrons. The Balaban J connectivity index is 1.16. The fourth-order valence-corrected chi connectivity index (χ4v) is 10.4. The maximum absolute atomic E-state index is 2.52. The summed E-state index contributed by atoms with van der Waals surface area (Å²) in [4.78, 5) is 2.52. The minimum atomic E-state index is -0.185. The molecule has 0 amide bonds. The van der Waals surface area contributed by atoms with Crippen molar-refractivity contribution in [3.63, 3.8) is 0 Å². The lowest BCUT2D eigenvalue weighted by atomic mass is 9.81. The Labute approximate surface area is 357 Å². The van der Waals surface area contributed by atoms with Gasteiger partial charge in [-0.2, -0.15) is 0 Å². The summed E-state index contributed by atoms with van der Waals surface area (Å²) in [6.45, 7) is 11.8. The summed E-state index contributed by atoms with van der Waals surface area (Å²) in [6.07, 6.45) is 6.73. The molecular weight excluding hydrogens is 723 g/mol. The first-order chi connectivity index (χ1) is 29.1.